The van der Waals surface area contributed by atoms with Crippen LogP contribution in [0.2, 0.25) is 5.02 Å². The van der Waals surface area contributed by atoms with E-state index in [4.69, 9.17) is 11.6 Å². The lowest BCUT2D eigenvalue weighted by molar-refractivity contribution is 0.0955. The second-order valence-electron chi connectivity index (χ2n) is 5.02. The first-order valence-electron chi connectivity index (χ1n) is 7.05. The third-order valence-electron chi connectivity index (χ3n) is 3.24. The summed E-state index contributed by atoms with van der Waals surface area (Å²) in [6, 6.07) is 12.1. The summed E-state index contributed by atoms with van der Waals surface area (Å²) < 4.78 is 38.6. The number of hydrogen-bond donors (Lipinski definition) is 1. The number of nitrogens with zero attached hydrogens (tertiary/aromatic N) is 1. The molecule has 0 bridgehead atoms. The predicted molar refractivity (Wildman–Crippen MR) is 92.4 cm³/mol. The van der Waals surface area contributed by atoms with Crippen LogP contribution in [0.25, 0.3) is 0 Å². The number of rotatable bonds is 6. The summed E-state index contributed by atoms with van der Waals surface area (Å²) in [5.74, 6) is -1.08. The first-order chi connectivity index (χ1) is 11.3. The van der Waals surface area contributed by atoms with Crippen molar-refractivity contribution in [2.45, 2.75) is 0 Å². The molecule has 2 rings (SSSR count). The Hall–Kier alpha value is -2.12. The zero-order valence-corrected chi connectivity index (χ0v) is 14.4. The van der Waals surface area contributed by atoms with Gasteiger partial charge >= 0.3 is 0 Å². The highest BCUT2D eigenvalue weighted by molar-refractivity contribution is 7.92. The van der Waals surface area contributed by atoms with E-state index in [1.54, 1.807) is 30.3 Å². The van der Waals surface area contributed by atoms with E-state index in [1.807, 2.05) is 0 Å². The van der Waals surface area contributed by atoms with Gasteiger partial charge in [0.05, 0.1) is 29.1 Å². The maximum atomic E-state index is 13.9. The molecule has 0 saturated heterocycles. The number of benzene rings is 2. The van der Waals surface area contributed by atoms with Gasteiger partial charge in [0.2, 0.25) is 10.0 Å². The maximum absolute atomic E-state index is 13.9. The van der Waals surface area contributed by atoms with Gasteiger partial charge in [-0.2, -0.15) is 0 Å². The lowest BCUT2D eigenvalue weighted by atomic mass is 10.2. The summed E-state index contributed by atoms with van der Waals surface area (Å²) in [4.78, 5) is 12.1. The summed E-state index contributed by atoms with van der Waals surface area (Å²) in [5.41, 5.74) is 0.225. The second-order valence-corrected chi connectivity index (χ2v) is 7.34. The van der Waals surface area contributed by atoms with E-state index in [0.29, 0.717) is 5.02 Å². The molecule has 128 valence electrons. The van der Waals surface area contributed by atoms with Crippen LogP contribution >= 0.6 is 11.6 Å². The minimum Gasteiger partial charge on any atom is -0.350 e. The van der Waals surface area contributed by atoms with Gasteiger partial charge in [0.15, 0.2) is 0 Å². The van der Waals surface area contributed by atoms with E-state index in [0.717, 1.165) is 10.6 Å². The average molecular weight is 371 g/mol. The third-order valence-corrected chi connectivity index (χ3v) is 4.75. The third kappa shape index (κ3) is 4.46. The molecule has 0 spiro atoms. The van der Waals surface area contributed by atoms with E-state index >= 15 is 0 Å². The Morgan fingerprint density at radius 3 is 2.42 bits per heavy atom. The minimum atomic E-state index is -3.70. The topological polar surface area (TPSA) is 66.5 Å². The van der Waals surface area contributed by atoms with Gasteiger partial charge in [-0.05, 0) is 24.3 Å². The van der Waals surface area contributed by atoms with Gasteiger partial charge in [-0.1, -0.05) is 35.9 Å². The van der Waals surface area contributed by atoms with Gasteiger partial charge < -0.3 is 5.32 Å². The van der Waals surface area contributed by atoms with Crippen LogP contribution in [-0.2, 0) is 10.0 Å². The number of para-hydroxylation sites is 1. The van der Waals surface area contributed by atoms with Gasteiger partial charge in [-0.3, -0.25) is 9.10 Å². The van der Waals surface area contributed by atoms with Crippen molar-refractivity contribution in [3.8, 4) is 0 Å². The maximum Gasteiger partial charge on any atom is 0.252 e. The normalized spacial score (nSPS) is 11.1. The first kappa shape index (κ1) is 18.2. The largest absolute Gasteiger partial charge is 0.350 e. The highest BCUT2D eigenvalue weighted by Gasteiger charge is 2.20. The standard InChI is InChI=1S/C16H16ClFN2O3S/c1-24(22,23)20(15-9-5-4-8-14(15)18)11-10-19-16(21)12-6-2-3-7-13(12)17/h2-9H,10-11H2,1H3,(H,19,21). The number of anilines is 1. The quantitative estimate of drug-likeness (QED) is 0.850. The number of amides is 1. The molecule has 0 radical (unpaired) electrons. The van der Waals surface area contributed by atoms with Crippen LogP contribution in [-0.4, -0.2) is 33.7 Å². The van der Waals surface area contributed by atoms with Gasteiger partial charge in [0.25, 0.3) is 5.91 Å². The molecule has 8 heteroatoms. The van der Waals surface area contributed by atoms with Gasteiger partial charge in [-0.25, -0.2) is 12.8 Å². The fourth-order valence-electron chi connectivity index (χ4n) is 2.13. The SMILES string of the molecule is CS(=O)(=O)N(CCNC(=O)c1ccccc1Cl)c1ccccc1F. The van der Waals surface area contributed by atoms with Crippen molar-refractivity contribution >= 4 is 33.2 Å². The minimum absolute atomic E-state index is 0.00542. The van der Waals surface area contributed by atoms with Crippen LogP contribution < -0.4 is 9.62 Å². The fraction of sp³-hybridized carbons (Fsp3) is 0.188. The molecule has 0 atom stereocenters. The smallest absolute Gasteiger partial charge is 0.252 e. The van der Waals surface area contributed by atoms with Crippen molar-refractivity contribution < 1.29 is 17.6 Å². The molecule has 2 aromatic rings. The summed E-state index contributed by atoms with van der Waals surface area (Å²) in [6.07, 6.45) is 0.981. The van der Waals surface area contributed by atoms with Crippen LogP contribution in [0.1, 0.15) is 10.4 Å². The van der Waals surface area contributed by atoms with Crippen molar-refractivity contribution in [2.24, 2.45) is 0 Å². The number of nitrogens with one attached hydrogen (secondary N) is 1. The van der Waals surface area contributed by atoms with Crippen LogP contribution in [0.5, 0.6) is 0 Å². The van der Waals surface area contributed by atoms with Gasteiger partial charge in [0.1, 0.15) is 5.82 Å². The summed E-state index contributed by atoms with van der Waals surface area (Å²) >= 11 is 5.93. The monoisotopic (exact) mass is 370 g/mol. The number of carbonyl (C=O) groups excluding carboxylic acids is 1. The zero-order valence-electron chi connectivity index (χ0n) is 12.9. The summed E-state index contributed by atoms with van der Waals surface area (Å²) in [5, 5.41) is 2.88. The molecule has 0 heterocycles. The van der Waals surface area contributed by atoms with E-state index in [2.05, 4.69) is 5.32 Å². The number of hydrogen-bond acceptors (Lipinski definition) is 3. The van der Waals surface area contributed by atoms with Crippen LogP contribution in [0.15, 0.2) is 48.5 Å². The average Bonchev–Trinajstić information content (AvgIpc) is 2.52. The Morgan fingerprint density at radius 1 is 1.17 bits per heavy atom. The Labute approximate surface area is 145 Å². The molecule has 0 unspecified atom stereocenters. The lowest BCUT2D eigenvalue weighted by Crippen LogP contribution is -2.38. The molecule has 1 amide bonds. The van der Waals surface area contributed by atoms with Crippen molar-refractivity contribution in [2.75, 3.05) is 23.7 Å². The Bertz CT molecular complexity index is 843. The fourth-order valence-corrected chi connectivity index (χ4v) is 3.28. The van der Waals surface area contributed by atoms with E-state index in [-0.39, 0.29) is 24.3 Å². The molecule has 24 heavy (non-hydrogen) atoms. The first-order valence-corrected chi connectivity index (χ1v) is 9.28. The molecule has 1 N–H and O–H groups in total. The van der Waals surface area contributed by atoms with E-state index in [9.17, 15) is 17.6 Å². The second kappa shape index (κ2) is 7.63. The molecule has 2 aromatic carbocycles. The van der Waals surface area contributed by atoms with Crippen molar-refractivity contribution in [1.29, 1.82) is 0 Å². The molecule has 0 aliphatic rings. The van der Waals surface area contributed by atoms with Crippen molar-refractivity contribution in [3.05, 3.63) is 64.9 Å². The molecular weight excluding hydrogens is 355 g/mol. The van der Waals surface area contributed by atoms with Gasteiger partial charge in [-0.15, -0.1) is 0 Å². The predicted octanol–water partition coefficient (Wildman–Crippen LogP) is 2.68. The molecule has 0 fully saturated rings. The summed E-state index contributed by atoms with van der Waals surface area (Å²) in [7, 11) is -3.70. The van der Waals surface area contributed by atoms with Crippen LogP contribution in [0.3, 0.4) is 0 Å². The molecule has 0 aliphatic carbocycles. The molecule has 0 aromatic heterocycles. The molecular formula is C16H16ClFN2O3S. The Kier molecular flexibility index (Phi) is 5.80. The zero-order chi connectivity index (χ0) is 17.7. The summed E-state index contributed by atoms with van der Waals surface area (Å²) in [6.45, 7) is -0.0958. The lowest BCUT2D eigenvalue weighted by Gasteiger charge is -2.23. The van der Waals surface area contributed by atoms with Gasteiger partial charge in [0, 0.05) is 6.54 Å². The highest BCUT2D eigenvalue weighted by atomic mass is 35.5. The molecule has 5 nitrogen and oxygen atoms in total. The highest BCUT2D eigenvalue weighted by Crippen LogP contribution is 2.21. The van der Waals surface area contributed by atoms with E-state index in [1.165, 1.54) is 18.2 Å². The van der Waals surface area contributed by atoms with Crippen LogP contribution in [0.4, 0.5) is 10.1 Å². The van der Waals surface area contributed by atoms with Crippen LogP contribution in [0, 0.1) is 5.82 Å². The molecule has 0 aliphatic heterocycles. The number of halogens is 2. The number of carbonyl (C=O) groups is 1. The Balaban J connectivity index is 2.09. The van der Waals surface area contributed by atoms with Crippen molar-refractivity contribution in [1.82, 2.24) is 5.32 Å². The number of sulfonamides is 1. The van der Waals surface area contributed by atoms with E-state index < -0.39 is 21.7 Å². The van der Waals surface area contributed by atoms with Crippen molar-refractivity contribution in [3.63, 3.8) is 0 Å². The Morgan fingerprint density at radius 2 is 1.79 bits per heavy atom. The molecule has 0 saturated carbocycles.